The fraction of sp³-hybridized carbons (Fsp3) is 0.722. The molecular weight excluding hydrogens is 340 g/mol. The molecule has 7 heteroatoms. The first kappa shape index (κ1) is 18.2. The molecule has 1 aliphatic carbocycles. The molecule has 1 N–H and O–H groups in total. The van der Waals surface area contributed by atoms with Gasteiger partial charge in [0.1, 0.15) is 11.4 Å². The summed E-state index contributed by atoms with van der Waals surface area (Å²) in [6.07, 6.45) is 3.33. The maximum Gasteiger partial charge on any atom is 0.410 e. The Kier molecular flexibility index (Phi) is 5.37. The first-order valence-electron chi connectivity index (χ1n) is 9.01. The van der Waals surface area contributed by atoms with Crippen molar-refractivity contribution in [3.8, 4) is 0 Å². The van der Waals surface area contributed by atoms with Gasteiger partial charge in [-0.25, -0.2) is 4.79 Å². The summed E-state index contributed by atoms with van der Waals surface area (Å²) in [7, 11) is 0. The van der Waals surface area contributed by atoms with Crippen molar-refractivity contribution in [2.75, 3.05) is 25.0 Å². The van der Waals surface area contributed by atoms with E-state index in [0.717, 1.165) is 31.9 Å². The minimum atomic E-state index is -0.423. The minimum Gasteiger partial charge on any atom is -0.444 e. The number of anilines is 1. The summed E-state index contributed by atoms with van der Waals surface area (Å²) in [5.41, 5.74) is -0.423. The largest absolute Gasteiger partial charge is 0.444 e. The molecule has 2 heterocycles. The highest BCUT2D eigenvalue weighted by molar-refractivity contribution is 6.29. The zero-order valence-corrected chi connectivity index (χ0v) is 15.9. The Hall–Kier alpha value is -1.56. The van der Waals surface area contributed by atoms with Crippen LogP contribution < -0.4 is 5.32 Å². The highest BCUT2D eigenvalue weighted by atomic mass is 35.5. The predicted molar refractivity (Wildman–Crippen MR) is 97.7 cm³/mol. The molecule has 1 amide bonds. The number of likely N-dealkylation sites (tertiary alicyclic amines) is 1. The fourth-order valence-electron chi connectivity index (χ4n) is 3.95. The van der Waals surface area contributed by atoms with Crippen LogP contribution in [-0.4, -0.2) is 46.4 Å². The van der Waals surface area contributed by atoms with Crippen LogP contribution in [0.1, 0.15) is 40.0 Å². The Morgan fingerprint density at radius 2 is 1.96 bits per heavy atom. The zero-order chi connectivity index (χ0) is 18.0. The second-order valence-electron chi connectivity index (χ2n) is 8.20. The second kappa shape index (κ2) is 7.36. The molecule has 0 aromatic carbocycles. The first-order valence-corrected chi connectivity index (χ1v) is 9.39. The van der Waals surface area contributed by atoms with Crippen LogP contribution in [0.2, 0.25) is 5.15 Å². The van der Waals surface area contributed by atoms with Crippen LogP contribution in [-0.2, 0) is 4.74 Å². The van der Waals surface area contributed by atoms with Crippen molar-refractivity contribution >= 4 is 23.5 Å². The van der Waals surface area contributed by atoms with E-state index in [-0.39, 0.29) is 6.09 Å². The molecule has 0 spiro atoms. The van der Waals surface area contributed by atoms with Gasteiger partial charge in [0.25, 0.3) is 0 Å². The maximum absolute atomic E-state index is 12.2. The average Bonchev–Trinajstić information content (AvgIpc) is 3.06. The molecule has 138 valence electrons. The third-order valence-electron chi connectivity index (χ3n) is 4.99. The van der Waals surface area contributed by atoms with Crippen molar-refractivity contribution in [3.63, 3.8) is 0 Å². The highest BCUT2D eigenvalue weighted by Gasteiger charge is 2.42. The maximum atomic E-state index is 12.2. The SMILES string of the molecule is CC(C)(C)OC(=O)N1CC2CC(CCNc3ccc(Cl)nn3)CC2C1. The third kappa shape index (κ3) is 4.97. The summed E-state index contributed by atoms with van der Waals surface area (Å²) in [5.74, 6) is 2.71. The Morgan fingerprint density at radius 3 is 2.52 bits per heavy atom. The molecule has 1 saturated carbocycles. The number of carbonyl (C=O) groups is 1. The van der Waals surface area contributed by atoms with Gasteiger partial charge in [-0.05, 0) is 69.9 Å². The zero-order valence-electron chi connectivity index (χ0n) is 15.2. The molecule has 2 fully saturated rings. The van der Waals surface area contributed by atoms with Crippen LogP contribution in [0.5, 0.6) is 0 Å². The van der Waals surface area contributed by atoms with Gasteiger partial charge in [-0.2, -0.15) is 0 Å². The Morgan fingerprint density at radius 1 is 1.28 bits per heavy atom. The van der Waals surface area contributed by atoms with Gasteiger partial charge < -0.3 is 15.0 Å². The number of carbonyl (C=O) groups excluding carboxylic acids is 1. The van der Waals surface area contributed by atoms with E-state index in [1.165, 1.54) is 12.8 Å². The van der Waals surface area contributed by atoms with Gasteiger partial charge in [-0.15, -0.1) is 10.2 Å². The number of aromatic nitrogens is 2. The van der Waals surface area contributed by atoms with Crippen molar-refractivity contribution in [2.45, 2.75) is 45.6 Å². The van der Waals surface area contributed by atoms with Gasteiger partial charge >= 0.3 is 6.09 Å². The molecule has 1 aromatic heterocycles. The van der Waals surface area contributed by atoms with Crippen molar-refractivity contribution in [3.05, 3.63) is 17.3 Å². The van der Waals surface area contributed by atoms with Gasteiger partial charge in [0.15, 0.2) is 5.15 Å². The summed E-state index contributed by atoms with van der Waals surface area (Å²) >= 11 is 5.73. The predicted octanol–water partition coefficient (Wildman–Crippen LogP) is 3.83. The fourth-order valence-corrected chi connectivity index (χ4v) is 4.05. The molecular formula is C18H27ClN4O2. The number of hydrogen-bond acceptors (Lipinski definition) is 5. The second-order valence-corrected chi connectivity index (χ2v) is 8.59. The molecule has 2 unspecified atom stereocenters. The van der Waals surface area contributed by atoms with E-state index >= 15 is 0 Å². The molecule has 6 nitrogen and oxygen atoms in total. The van der Waals surface area contributed by atoms with Crippen LogP contribution in [0, 0.1) is 17.8 Å². The van der Waals surface area contributed by atoms with E-state index < -0.39 is 5.60 Å². The normalized spacial score (nSPS) is 25.8. The van der Waals surface area contributed by atoms with Crippen molar-refractivity contribution in [1.82, 2.24) is 15.1 Å². The van der Waals surface area contributed by atoms with Gasteiger partial charge in [-0.3, -0.25) is 0 Å². The number of ether oxygens (including phenoxy) is 1. The van der Waals surface area contributed by atoms with Gasteiger partial charge in [0.05, 0.1) is 0 Å². The van der Waals surface area contributed by atoms with Gasteiger partial charge in [-0.1, -0.05) is 11.6 Å². The Labute approximate surface area is 154 Å². The van der Waals surface area contributed by atoms with Crippen molar-refractivity contribution < 1.29 is 9.53 Å². The van der Waals surface area contributed by atoms with E-state index in [9.17, 15) is 4.79 Å². The van der Waals surface area contributed by atoms with Crippen molar-refractivity contribution in [2.24, 2.45) is 17.8 Å². The Balaban J connectivity index is 1.39. The lowest BCUT2D eigenvalue weighted by molar-refractivity contribution is 0.0277. The minimum absolute atomic E-state index is 0.165. The lowest BCUT2D eigenvalue weighted by Gasteiger charge is -2.25. The van der Waals surface area contributed by atoms with Crippen molar-refractivity contribution in [1.29, 1.82) is 0 Å². The van der Waals surface area contributed by atoms with Crippen LogP contribution in [0.3, 0.4) is 0 Å². The number of rotatable bonds is 4. The van der Waals surface area contributed by atoms with E-state index in [0.29, 0.717) is 22.9 Å². The average molecular weight is 367 g/mol. The Bertz CT molecular complexity index is 588. The summed E-state index contributed by atoms with van der Waals surface area (Å²) in [6, 6.07) is 3.58. The topological polar surface area (TPSA) is 67.3 Å². The molecule has 1 saturated heterocycles. The molecule has 1 aromatic rings. The number of halogens is 1. The molecule has 25 heavy (non-hydrogen) atoms. The first-order chi connectivity index (χ1) is 11.8. The molecule has 1 aliphatic heterocycles. The summed E-state index contributed by atoms with van der Waals surface area (Å²) in [4.78, 5) is 14.1. The molecule has 2 atom stereocenters. The van der Waals surface area contributed by atoms with Gasteiger partial charge in [0.2, 0.25) is 0 Å². The number of fused-ring (bicyclic) bond motifs is 1. The number of amides is 1. The van der Waals surface area contributed by atoms with Crippen LogP contribution in [0.25, 0.3) is 0 Å². The molecule has 0 bridgehead atoms. The summed E-state index contributed by atoms with van der Waals surface area (Å²) < 4.78 is 5.49. The molecule has 3 rings (SSSR count). The lowest BCUT2D eigenvalue weighted by Crippen LogP contribution is -2.36. The van der Waals surface area contributed by atoms with Crippen LogP contribution >= 0.6 is 11.6 Å². The van der Waals surface area contributed by atoms with E-state index in [1.54, 1.807) is 6.07 Å². The summed E-state index contributed by atoms with van der Waals surface area (Å²) in [6.45, 7) is 8.30. The molecule has 2 aliphatic rings. The third-order valence-corrected chi connectivity index (χ3v) is 5.19. The molecule has 0 radical (unpaired) electrons. The van der Waals surface area contributed by atoms with E-state index in [2.05, 4.69) is 15.5 Å². The highest BCUT2D eigenvalue weighted by Crippen LogP contribution is 2.43. The number of hydrogen-bond donors (Lipinski definition) is 1. The monoisotopic (exact) mass is 366 g/mol. The quantitative estimate of drug-likeness (QED) is 0.877. The standard InChI is InChI=1S/C18H27ClN4O2/c1-18(2,3)25-17(24)23-10-13-8-12(9-14(13)11-23)6-7-20-16-5-4-15(19)21-22-16/h4-5,12-14H,6-11H2,1-3H3,(H,20,22). The number of nitrogens with zero attached hydrogens (tertiary/aromatic N) is 3. The van der Waals surface area contributed by atoms with E-state index in [4.69, 9.17) is 16.3 Å². The van der Waals surface area contributed by atoms with E-state index in [1.807, 2.05) is 31.7 Å². The van der Waals surface area contributed by atoms with Gasteiger partial charge in [0, 0.05) is 19.6 Å². The van der Waals surface area contributed by atoms with Crippen LogP contribution in [0.4, 0.5) is 10.6 Å². The lowest BCUT2D eigenvalue weighted by atomic mass is 10.0. The van der Waals surface area contributed by atoms with Crippen LogP contribution in [0.15, 0.2) is 12.1 Å². The summed E-state index contributed by atoms with van der Waals surface area (Å²) in [5, 5.41) is 11.5. The smallest absolute Gasteiger partial charge is 0.410 e. The number of nitrogens with one attached hydrogen (secondary N) is 1.